The van der Waals surface area contributed by atoms with Crippen LogP contribution < -0.4 is 9.73 Å². The van der Waals surface area contributed by atoms with Gasteiger partial charge in [-0.15, -0.1) is 0 Å². The molecule has 184 valence electrons. The third kappa shape index (κ3) is 5.58. The van der Waals surface area contributed by atoms with Crippen LogP contribution in [0.25, 0.3) is 5.69 Å². The van der Waals surface area contributed by atoms with Gasteiger partial charge in [-0.3, -0.25) is 9.10 Å². The van der Waals surface area contributed by atoms with Gasteiger partial charge in [-0.2, -0.15) is 5.10 Å². The van der Waals surface area contributed by atoms with Gasteiger partial charge in [0.05, 0.1) is 16.8 Å². The van der Waals surface area contributed by atoms with E-state index in [1.807, 2.05) is 50.2 Å². The Balaban J connectivity index is 1.54. The Bertz CT molecular complexity index is 1480. The fraction of sp³-hybridized carbons (Fsp3) is 0.111. The molecule has 0 atom stereocenters. The third-order valence-electron chi connectivity index (χ3n) is 5.61. The number of anilines is 1. The maximum Gasteiger partial charge on any atom is 0.264 e. The number of hydrogen-bond donors (Lipinski definition) is 1. The standard InChI is InChI=1S/C27H25BrN4O3S/c1-20-17-22(21(2)32(20)25-9-5-3-6-10-25)18-29-30-27(33)19-31(24-15-13-23(28)14-16-24)36(34,35)26-11-7-4-8-12-26/h3-18H,19H2,1-2H3,(H,30,33)/b29-18-. The van der Waals surface area contributed by atoms with Crippen LogP contribution in [-0.2, 0) is 14.8 Å². The van der Waals surface area contributed by atoms with Gasteiger partial charge in [-0.1, -0.05) is 52.3 Å². The van der Waals surface area contributed by atoms with Crippen molar-refractivity contribution < 1.29 is 13.2 Å². The van der Waals surface area contributed by atoms with E-state index in [1.165, 1.54) is 12.1 Å². The molecule has 0 aliphatic carbocycles. The van der Waals surface area contributed by atoms with E-state index >= 15 is 0 Å². The van der Waals surface area contributed by atoms with E-state index in [0.717, 1.165) is 31.4 Å². The quantitative estimate of drug-likeness (QED) is 0.236. The number of sulfonamides is 1. The number of benzene rings is 3. The Hall–Kier alpha value is -3.69. The van der Waals surface area contributed by atoms with Gasteiger partial charge in [-0.25, -0.2) is 13.8 Å². The predicted molar refractivity (Wildman–Crippen MR) is 146 cm³/mol. The van der Waals surface area contributed by atoms with Crippen molar-refractivity contribution in [2.24, 2.45) is 5.10 Å². The number of carbonyl (C=O) groups excluding carboxylic acids is 1. The number of carbonyl (C=O) groups is 1. The summed E-state index contributed by atoms with van der Waals surface area (Å²) in [6, 6.07) is 26.7. The van der Waals surface area contributed by atoms with E-state index in [9.17, 15) is 13.2 Å². The highest BCUT2D eigenvalue weighted by molar-refractivity contribution is 9.10. The summed E-state index contributed by atoms with van der Waals surface area (Å²) >= 11 is 3.36. The lowest BCUT2D eigenvalue weighted by Crippen LogP contribution is -2.39. The van der Waals surface area contributed by atoms with Crippen molar-refractivity contribution in [1.29, 1.82) is 0 Å². The Labute approximate surface area is 219 Å². The summed E-state index contributed by atoms with van der Waals surface area (Å²) in [5.41, 5.74) is 6.72. The van der Waals surface area contributed by atoms with Crippen LogP contribution >= 0.6 is 15.9 Å². The van der Waals surface area contributed by atoms with E-state index < -0.39 is 22.5 Å². The molecule has 0 unspecified atom stereocenters. The molecule has 9 heteroatoms. The molecule has 0 aliphatic rings. The molecule has 36 heavy (non-hydrogen) atoms. The predicted octanol–water partition coefficient (Wildman–Crippen LogP) is 5.20. The van der Waals surface area contributed by atoms with Crippen molar-refractivity contribution in [3.05, 3.63) is 112 Å². The molecule has 7 nitrogen and oxygen atoms in total. The number of nitrogens with one attached hydrogen (secondary N) is 1. The maximum absolute atomic E-state index is 13.4. The topological polar surface area (TPSA) is 83.8 Å². The summed E-state index contributed by atoms with van der Waals surface area (Å²) in [5, 5.41) is 4.10. The molecule has 0 aliphatic heterocycles. The molecule has 0 saturated heterocycles. The van der Waals surface area contributed by atoms with Crippen molar-refractivity contribution >= 4 is 43.8 Å². The molecular formula is C27H25BrN4O3S. The number of hydrogen-bond acceptors (Lipinski definition) is 4. The van der Waals surface area contributed by atoms with Gasteiger partial charge in [0, 0.05) is 27.1 Å². The average Bonchev–Trinajstić information content (AvgIpc) is 3.16. The van der Waals surface area contributed by atoms with Crippen molar-refractivity contribution in [3.8, 4) is 5.69 Å². The summed E-state index contributed by atoms with van der Waals surface area (Å²) in [4.78, 5) is 12.9. The molecule has 1 aromatic heterocycles. The molecule has 0 fully saturated rings. The summed E-state index contributed by atoms with van der Waals surface area (Å²) in [6.45, 7) is 3.55. The van der Waals surface area contributed by atoms with Gasteiger partial charge in [0.2, 0.25) is 0 Å². The highest BCUT2D eigenvalue weighted by Gasteiger charge is 2.27. The Morgan fingerprint density at radius 2 is 1.58 bits per heavy atom. The summed E-state index contributed by atoms with van der Waals surface area (Å²) < 4.78 is 30.7. The zero-order chi connectivity index (χ0) is 25.7. The minimum Gasteiger partial charge on any atom is -0.318 e. The van der Waals surface area contributed by atoms with Gasteiger partial charge in [0.1, 0.15) is 6.54 Å². The van der Waals surface area contributed by atoms with Crippen molar-refractivity contribution in [2.75, 3.05) is 10.8 Å². The summed E-state index contributed by atoms with van der Waals surface area (Å²) in [7, 11) is -3.98. The number of aromatic nitrogens is 1. The monoisotopic (exact) mass is 564 g/mol. The first kappa shape index (κ1) is 25.4. The molecule has 1 N–H and O–H groups in total. The Morgan fingerprint density at radius 1 is 0.972 bits per heavy atom. The van der Waals surface area contributed by atoms with Crippen LogP contribution in [0.1, 0.15) is 17.0 Å². The van der Waals surface area contributed by atoms with Gasteiger partial charge in [0.25, 0.3) is 15.9 Å². The fourth-order valence-electron chi connectivity index (χ4n) is 3.87. The number of rotatable bonds is 8. The van der Waals surface area contributed by atoms with E-state index in [1.54, 1.807) is 48.7 Å². The minimum absolute atomic E-state index is 0.0950. The molecule has 0 saturated carbocycles. The molecule has 1 amide bonds. The van der Waals surface area contributed by atoms with E-state index in [0.29, 0.717) is 5.69 Å². The third-order valence-corrected chi connectivity index (χ3v) is 7.93. The molecule has 3 aromatic carbocycles. The molecule has 0 spiro atoms. The molecular weight excluding hydrogens is 540 g/mol. The van der Waals surface area contributed by atoms with Crippen LogP contribution in [0.2, 0.25) is 0 Å². The Morgan fingerprint density at radius 3 is 2.22 bits per heavy atom. The number of para-hydroxylation sites is 1. The van der Waals surface area contributed by atoms with Crippen molar-refractivity contribution in [3.63, 3.8) is 0 Å². The van der Waals surface area contributed by atoms with Crippen molar-refractivity contribution in [1.82, 2.24) is 9.99 Å². The van der Waals surface area contributed by atoms with Crippen LogP contribution in [0.4, 0.5) is 5.69 Å². The highest BCUT2D eigenvalue weighted by Crippen LogP contribution is 2.25. The van der Waals surface area contributed by atoms with Crippen molar-refractivity contribution in [2.45, 2.75) is 18.7 Å². The van der Waals surface area contributed by atoms with Crippen LogP contribution in [0.5, 0.6) is 0 Å². The van der Waals surface area contributed by atoms with E-state index in [-0.39, 0.29) is 4.90 Å². The number of aryl methyl sites for hydroxylation is 1. The molecule has 0 bridgehead atoms. The Kier molecular flexibility index (Phi) is 7.71. The van der Waals surface area contributed by atoms with Gasteiger partial charge in [-0.05, 0) is 68.4 Å². The molecule has 4 aromatic rings. The number of hydrazone groups is 1. The molecule has 1 heterocycles. The minimum atomic E-state index is -3.98. The lowest BCUT2D eigenvalue weighted by atomic mass is 10.2. The average molecular weight is 565 g/mol. The maximum atomic E-state index is 13.4. The second-order valence-electron chi connectivity index (χ2n) is 8.09. The van der Waals surface area contributed by atoms with Crippen LogP contribution in [0.3, 0.4) is 0 Å². The number of nitrogens with zero attached hydrogens (tertiary/aromatic N) is 3. The smallest absolute Gasteiger partial charge is 0.264 e. The summed E-state index contributed by atoms with van der Waals surface area (Å²) in [5.74, 6) is -0.564. The first-order chi connectivity index (χ1) is 17.3. The normalized spacial score (nSPS) is 11.5. The highest BCUT2D eigenvalue weighted by atomic mass is 79.9. The van der Waals surface area contributed by atoms with Gasteiger partial charge in [0.15, 0.2) is 0 Å². The lowest BCUT2D eigenvalue weighted by Gasteiger charge is -2.23. The van der Waals surface area contributed by atoms with Crippen LogP contribution in [-0.4, -0.2) is 31.7 Å². The van der Waals surface area contributed by atoms with E-state index in [4.69, 9.17) is 0 Å². The van der Waals surface area contributed by atoms with Crippen LogP contribution in [0, 0.1) is 13.8 Å². The number of amides is 1. The lowest BCUT2D eigenvalue weighted by molar-refractivity contribution is -0.119. The zero-order valence-corrected chi connectivity index (χ0v) is 22.2. The zero-order valence-electron chi connectivity index (χ0n) is 19.8. The molecule has 4 rings (SSSR count). The van der Waals surface area contributed by atoms with E-state index in [2.05, 4.69) is 31.0 Å². The SMILES string of the molecule is Cc1cc(/C=N\NC(=O)CN(c2ccc(Br)cc2)S(=O)(=O)c2ccccc2)c(C)n1-c1ccccc1. The second kappa shape index (κ2) is 10.9. The van der Waals surface area contributed by atoms with Gasteiger partial charge >= 0.3 is 0 Å². The second-order valence-corrected chi connectivity index (χ2v) is 10.9. The summed E-state index contributed by atoms with van der Waals surface area (Å²) in [6.07, 6.45) is 1.56. The number of halogens is 1. The van der Waals surface area contributed by atoms with Gasteiger partial charge < -0.3 is 4.57 Å². The fourth-order valence-corrected chi connectivity index (χ4v) is 5.58. The first-order valence-electron chi connectivity index (χ1n) is 11.2. The first-order valence-corrected chi connectivity index (χ1v) is 13.4. The largest absolute Gasteiger partial charge is 0.318 e. The van der Waals surface area contributed by atoms with Crippen LogP contribution in [0.15, 0.2) is 105 Å². The molecule has 0 radical (unpaired) electrons.